The zero-order valence-corrected chi connectivity index (χ0v) is 17.7. The summed E-state index contributed by atoms with van der Waals surface area (Å²) in [7, 11) is 0. The van der Waals surface area contributed by atoms with Crippen LogP contribution >= 0.6 is 35.7 Å². The lowest BCUT2D eigenvalue weighted by atomic mass is 10.2. The maximum Gasteiger partial charge on any atom is 0.303 e. The predicted molar refractivity (Wildman–Crippen MR) is 118 cm³/mol. The number of hydrogen-bond acceptors (Lipinski definition) is 5. The van der Waals surface area contributed by atoms with Crippen LogP contribution in [0.2, 0.25) is 0 Å². The fraction of sp³-hybridized carbons (Fsp3) is 0.190. The Balaban J connectivity index is 1.78. The number of aryl methyl sites for hydroxylation is 1. The molecule has 1 aliphatic rings. The topological polar surface area (TPSA) is 57.6 Å². The molecule has 1 amide bonds. The number of rotatable bonds is 7. The van der Waals surface area contributed by atoms with E-state index in [2.05, 4.69) is 31.2 Å². The number of carboxylic acids is 1. The monoisotopic (exact) mass is 429 g/mol. The van der Waals surface area contributed by atoms with Gasteiger partial charge in [-0.2, -0.15) is 0 Å². The summed E-state index contributed by atoms with van der Waals surface area (Å²) in [6.07, 6.45) is 2.27. The molecule has 2 aromatic rings. The molecule has 0 saturated carbocycles. The molecule has 1 saturated heterocycles. The van der Waals surface area contributed by atoms with Crippen LogP contribution in [0.1, 0.15) is 24.0 Å². The first kappa shape index (κ1) is 20.6. The number of thioether (sulfide) groups is 1. The van der Waals surface area contributed by atoms with Gasteiger partial charge in [0.05, 0.1) is 4.91 Å². The Morgan fingerprint density at radius 3 is 2.64 bits per heavy atom. The van der Waals surface area contributed by atoms with Crippen LogP contribution in [-0.2, 0) is 9.59 Å². The molecule has 0 spiro atoms. The molecule has 1 aliphatic heterocycles. The maximum atomic E-state index is 12.7. The zero-order chi connectivity index (χ0) is 20.1. The summed E-state index contributed by atoms with van der Waals surface area (Å²) in [6.45, 7) is 2.38. The molecular weight excluding hydrogens is 410 g/mol. The van der Waals surface area contributed by atoms with Crippen molar-refractivity contribution in [1.29, 1.82) is 0 Å². The van der Waals surface area contributed by atoms with Gasteiger partial charge in [0, 0.05) is 22.8 Å². The standard InChI is InChI=1S/C21H19NO3S3/c1-14-8-10-16(11-9-14)27-17-6-3-2-5-15(17)13-18-20(25)22(21(26)28-18)12-4-7-19(23)24/h2-3,5-6,8-11,13H,4,7,12H2,1H3,(H,23,24). The van der Waals surface area contributed by atoms with Crippen LogP contribution in [0.25, 0.3) is 6.08 Å². The molecule has 0 bridgehead atoms. The van der Waals surface area contributed by atoms with E-state index in [0.29, 0.717) is 22.2 Å². The first-order chi connectivity index (χ1) is 13.4. The molecule has 0 aliphatic carbocycles. The van der Waals surface area contributed by atoms with Gasteiger partial charge in [-0.1, -0.05) is 71.6 Å². The Hall–Kier alpha value is -2.09. The molecule has 28 heavy (non-hydrogen) atoms. The van der Waals surface area contributed by atoms with Crippen LogP contribution in [0.3, 0.4) is 0 Å². The molecule has 3 rings (SSSR count). The lowest BCUT2D eigenvalue weighted by Crippen LogP contribution is -2.29. The fourth-order valence-electron chi connectivity index (χ4n) is 2.65. The second-order valence-electron chi connectivity index (χ2n) is 6.28. The van der Waals surface area contributed by atoms with Crippen LogP contribution in [0.5, 0.6) is 0 Å². The number of thiocarbonyl (C=S) groups is 1. The quantitative estimate of drug-likeness (QED) is 0.481. The summed E-state index contributed by atoms with van der Waals surface area (Å²) in [4.78, 5) is 27.6. The van der Waals surface area contributed by atoms with Gasteiger partial charge in [0.15, 0.2) is 0 Å². The van der Waals surface area contributed by atoms with E-state index in [9.17, 15) is 9.59 Å². The number of aliphatic carboxylic acids is 1. The Morgan fingerprint density at radius 1 is 1.21 bits per heavy atom. The molecule has 0 atom stereocenters. The lowest BCUT2D eigenvalue weighted by Gasteiger charge is -2.13. The van der Waals surface area contributed by atoms with E-state index in [4.69, 9.17) is 17.3 Å². The second kappa shape index (κ2) is 9.41. The summed E-state index contributed by atoms with van der Waals surface area (Å²) < 4.78 is 0.477. The molecule has 0 unspecified atom stereocenters. The first-order valence-corrected chi connectivity index (χ1v) is 10.8. The number of benzene rings is 2. The van der Waals surface area contributed by atoms with Crippen LogP contribution < -0.4 is 0 Å². The minimum Gasteiger partial charge on any atom is -0.481 e. The van der Waals surface area contributed by atoms with Gasteiger partial charge >= 0.3 is 5.97 Å². The molecule has 0 radical (unpaired) electrons. The summed E-state index contributed by atoms with van der Waals surface area (Å²) in [5.74, 6) is -1.03. The van der Waals surface area contributed by atoms with Crippen molar-refractivity contribution in [3.8, 4) is 0 Å². The fourth-order valence-corrected chi connectivity index (χ4v) is 4.87. The number of hydrogen-bond donors (Lipinski definition) is 1. The highest BCUT2D eigenvalue weighted by atomic mass is 32.2. The third-order valence-corrected chi connectivity index (χ3v) is 6.58. The third-order valence-electron chi connectivity index (χ3n) is 4.10. The average Bonchev–Trinajstić information content (AvgIpc) is 2.92. The van der Waals surface area contributed by atoms with E-state index < -0.39 is 5.97 Å². The zero-order valence-electron chi connectivity index (χ0n) is 15.3. The van der Waals surface area contributed by atoms with E-state index in [-0.39, 0.29) is 12.3 Å². The van der Waals surface area contributed by atoms with Gasteiger partial charge in [0.1, 0.15) is 4.32 Å². The Labute approximate surface area is 178 Å². The van der Waals surface area contributed by atoms with Crippen molar-refractivity contribution < 1.29 is 14.7 Å². The van der Waals surface area contributed by atoms with Gasteiger partial charge in [0.2, 0.25) is 0 Å². The SMILES string of the molecule is Cc1ccc(Sc2ccccc2C=C2SC(=S)N(CCCC(=O)O)C2=O)cc1. The van der Waals surface area contributed by atoms with Gasteiger partial charge in [0.25, 0.3) is 5.91 Å². The highest BCUT2D eigenvalue weighted by molar-refractivity contribution is 8.26. The molecule has 7 heteroatoms. The average molecular weight is 430 g/mol. The molecule has 0 aromatic heterocycles. The Morgan fingerprint density at radius 2 is 1.93 bits per heavy atom. The maximum absolute atomic E-state index is 12.7. The number of nitrogens with zero attached hydrogens (tertiary/aromatic N) is 1. The van der Waals surface area contributed by atoms with Crippen LogP contribution in [0.15, 0.2) is 63.2 Å². The number of carbonyl (C=O) groups excluding carboxylic acids is 1. The normalized spacial score (nSPS) is 15.5. The van der Waals surface area contributed by atoms with Crippen molar-refractivity contribution in [2.75, 3.05) is 6.54 Å². The molecule has 144 valence electrons. The Bertz CT molecular complexity index is 938. The molecule has 4 nitrogen and oxygen atoms in total. The van der Waals surface area contributed by atoms with Crippen LogP contribution in [0.4, 0.5) is 0 Å². The lowest BCUT2D eigenvalue weighted by molar-refractivity contribution is -0.137. The summed E-state index contributed by atoms with van der Waals surface area (Å²) in [5.41, 5.74) is 2.17. The minimum atomic E-state index is -0.872. The van der Waals surface area contributed by atoms with E-state index in [1.807, 2.05) is 30.3 Å². The van der Waals surface area contributed by atoms with Gasteiger partial charge in [-0.15, -0.1) is 0 Å². The van der Waals surface area contributed by atoms with Crippen molar-refractivity contribution in [1.82, 2.24) is 4.90 Å². The van der Waals surface area contributed by atoms with Crippen molar-refractivity contribution >= 4 is 58.0 Å². The van der Waals surface area contributed by atoms with E-state index in [1.165, 1.54) is 22.2 Å². The van der Waals surface area contributed by atoms with Gasteiger partial charge in [-0.3, -0.25) is 14.5 Å². The smallest absolute Gasteiger partial charge is 0.303 e. The van der Waals surface area contributed by atoms with Gasteiger partial charge in [-0.25, -0.2) is 0 Å². The highest BCUT2D eigenvalue weighted by Crippen LogP contribution is 2.36. The van der Waals surface area contributed by atoms with Crippen molar-refractivity contribution in [3.63, 3.8) is 0 Å². The van der Waals surface area contributed by atoms with Crippen molar-refractivity contribution in [3.05, 3.63) is 64.6 Å². The van der Waals surface area contributed by atoms with Gasteiger partial charge in [-0.05, 0) is 43.2 Å². The van der Waals surface area contributed by atoms with Crippen molar-refractivity contribution in [2.45, 2.75) is 29.6 Å². The first-order valence-electron chi connectivity index (χ1n) is 8.75. The van der Waals surface area contributed by atoms with Crippen molar-refractivity contribution in [2.24, 2.45) is 0 Å². The third kappa shape index (κ3) is 5.25. The second-order valence-corrected chi connectivity index (χ2v) is 9.07. The minimum absolute atomic E-state index is 0.0200. The predicted octanol–water partition coefficient (Wildman–Crippen LogP) is 5.21. The number of amides is 1. The molecular formula is C21H19NO3S3. The van der Waals surface area contributed by atoms with Crippen LogP contribution in [0, 0.1) is 6.92 Å². The summed E-state index contributed by atoms with van der Waals surface area (Å²) >= 11 is 8.23. The molecule has 2 aromatic carbocycles. The number of carboxylic acid groups (broad SMARTS) is 1. The number of carbonyl (C=O) groups is 2. The summed E-state index contributed by atoms with van der Waals surface area (Å²) in [5, 5.41) is 8.78. The molecule has 1 N–H and O–H groups in total. The highest BCUT2D eigenvalue weighted by Gasteiger charge is 2.31. The summed E-state index contributed by atoms with van der Waals surface area (Å²) in [6, 6.07) is 16.2. The Kier molecular flexibility index (Phi) is 6.93. The van der Waals surface area contributed by atoms with Gasteiger partial charge < -0.3 is 5.11 Å². The molecule has 1 heterocycles. The van der Waals surface area contributed by atoms with E-state index in [0.717, 1.165) is 15.4 Å². The van der Waals surface area contributed by atoms with E-state index in [1.54, 1.807) is 11.8 Å². The van der Waals surface area contributed by atoms with E-state index >= 15 is 0 Å². The van der Waals surface area contributed by atoms with Crippen LogP contribution in [-0.4, -0.2) is 32.7 Å². The molecule has 1 fully saturated rings. The largest absolute Gasteiger partial charge is 0.481 e.